The van der Waals surface area contributed by atoms with E-state index in [0.29, 0.717) is 35.5 Å². The Hall–Kier alpha value is -3.07. The molecule has 0 aliphatic rings. The summed E-state index contributed by atoms with van der Waals surface area (Å²) in [5, 5.41) is 6.46. The lowest BCUT2D eigenvalue weighted by Gasteiger charge is -2.18. The Labute approximate surface area is 172 Å². The topological polar surface area (TPSA) is 116 Å². The van der Waals surface area contributed by atoms with Crippen molar-refractivity contribution in [3.63, 3.8) is 0 Å². The minimum absolute atomic E-state index is 0.239. The molecular weight excluding hydrogens is 390 g/mol. The first-order chi connectivity index (χ1) is 14.0. The van der Waals surface area contributed by atoms with Gasteiger partial charge in [0.2, 0.25) is 5.91 Å². The Balaban J connectivity index is 1.78. The minimum Gasteiger partial charge on any atom is -0.385 e. The normalized spacial score (nSPS) is 11.9. The zero-order valence-electron chi connectivity index (χ0n) is 16.3. The van der Waals surface area contributed by atoms with Crippen molar-refractivity contribution in [2.45, 2.75) is 43.6 Å². The maximum Gasteiger partial charge on any atom is 0.275 e. The molecule has 1 atom stereocenters. The number of carbonyl (C=O) groups is 1. The highest BCUT2D eigenvalue weighted by Gasteiger charge is 2.22. The first-order valence-electron chi connectivity index (χ1n) is 9.28. The van der Waals surface area contributed by atoms with Gasteiger partial charge in [-0.15, -0.1) is 0 Å². The molecule has 0 bridgehead atoms. The molecule has 8 nitrogen and oxygen atoms in total. The molecule has 3 rings (SSSR count). The van der Waals surface area contributed by atoms with E-state index in [4.69, 9.17) is 10.3 Å². The fraction of sp³-hybridized carbons (Fsp3) is 0.300. The number of nitrogens with one attached hydrogen (secondary N) is 1. The third-order valence-corrected chi connectivity index (χ3v) is 5.63. The van der Waals surface area contributed by atoms with Crippen LogP contribution in [0.5, 0.6) is 0 Å². The molecule has 1 aromatic carbocycles. The van der Waals surface area contributed by atoms with Gasteiger partial charge >= 0.3 is 0 Å². The summed E-state index contributed by atoms with van der Waals surface area (Å²) in [6.45, 7) is 4.19. The molecule has 2 aromatic heterocycles. The first-order valence-corrected chi connectivity index (χ1v) is 10.2. The van der Waals surface area contributed by atoms with Crippen LogP contribution in [-0.2, 0) is 17.8 Å². The standard InChI is InChI=1S/C20H23N5O3S/c1-3-15(19(27)22-17-11-13(2)28-24-17)29-20-23-18(26)12-16(21)25(20)10-9-14-7-5-4-6-8-14/h4-8,11-12,15H,3,9-10,21H2,1-2H3,(H,22,24,27)/t15-/m1/s1. The van der Waals surface area contributed by atoms with Crippen LogP contribution >= 0.6 is 11.8 Å². The van der Waals surface area contributed by atoms with Crippen LogP contribution in [0.1, 0.15) is 24.7 Å². The number of anilines is 2. The lowest BCUT2D eigenvalue weighted by Crippen LogP contribution is -2.27. The summed E-state index contributed by atoms with van der Waals surface area (Å²) in [5.41, 5.74) is 6.81. The number of nitrogens with zero attached hydrogens (tertiary/aromatic N) is 3. The maximum atomic E-state index is 12.7. The van der Waals surface area contributed by atoms with Gasteiger partial charge in [-0.2, -0.15) is 4.98 Å². The molecule has 0 saturated carbocycles. The number of aryl methyl sites for hydroxylation is 2. The average Bonchev–Trinajstić information content (AvgIpc) is 3.10. The second-order valence-electron chi connectivity index (χ2n) is 6.52. The predicted molar refractivity (Wildman–Crippen MR) is 113 cm³/mol. The SMILES string of the molecule is CC[C@@H](Sc1nc(=O)cc(N)n1CCc1ccccc1)C(=O)Nc1cc(C)on1. The van der Waals surface area contributed by atoms with E-state index in [9.17, 15) is 9.59 Å². The van der Waals surface area contributed by atoms with Gasteiger partial charge in [0.15, 0.2) is 11.0 Å². The molecule has 0 fully saturated rings. The summed E-state index contributed by atoms with van der Waals surface area (Å²) < 4.78 is 6.75. The molecular formula is C20H23N5O3S. The molecule has 0 spiro atoms. The van der Waals surface area contributed by atoms with Crippen molar-refractivity contribution in [3.05, 3.63) is 64.1 Å². The van der Waals surface area contributed by atoms with Gasteiger partial charge in [0.05, 0.1) is 5.25 Å². The summed E-state index contributed by atoms with van der Waals surface area (Å²) >= 11 is 1.21. The van der Waals surface area contributed by atoms with Crippen molar-refractivity contribution in [1.82, 2.24) is 14.7 Å². The smallest absolute Gasteiger partial charge is 0.275 e. The number of carbonyl (C=O) groups excluding carboxylic acids is 1. The monoisotopic (exact) mass is 413 g/mol. The van der Waals surface area contributed by atoms with E-state index in [1.165, 1.54) is 17.8 Å². The molecule has 29 heavy (non-hydrogen) atoms. The molecule has 3 aromatic rings. The quantitative estimate of drug-likeness (QED) is 0.431. The van der Waals surface area contributed by atoms with Crippen molar-refractivity contribution in [2.24, 2.45) is 0 Å². The number of hydrogen-bond donors (Lipinski definition) is 2. The van der Waals surface area contributed by atoms with E-state index in [1.807, 2.05) is 37.3 Å². The lowest BCUT2D eigenvalue weighted by atomic mass is 10.1. The number of nitrogens with two attached hydrogens (primary N) is 1. The van der Waals surface area contributed by atoms with Crippen LogP contribution in [0.3, 0.4) is 0 Å². The van der Waals surface area contributed by atoms with Gasteiger partial charge in [0, 0.05) is 18.7 Å². The largest absolute Gasteiger partial charge is 0.385 e. The fourth-order valence-electron chi connectivity index (χ4n) is 2.78. The summed E-state index contributed by atoms with van der Waals surface area (Å²) in [6.07, 6.45) is 1.26. The summed E-state index contributed by atoms with van der Waals surface area (Å²) in [5.74, 6) is 1.05. The van der Waals surface area contributed by atoms with Crippen molar-refractivity contribution in [3.8, 4) is 0 Å². The van der Waals surface area contributed by atoms with Gasteiger partial charge in [-0.25, -0.2) is 0 Å². The van der Waals surface area contributed by atoms with Gasteiger partial charge in [0.1, 0.15) is 11.6 Å². The number of thioether (sulfide) groups is 1. The minimum atomic E-state index is -0.469. The molecule has 1 amide bonds. The first kappa shape index (κ1) is 20.7. The van der Waals surface area contributed by atoms with Crippen molar-refractivity contribution >= 4 is 29.3 Å². The highest BCUT2D eigenvalue weighted by molar-refractivity contribution is 8.00. The molecule has 2 heterocycles. The second kappa shape index (κ2) is 9.42. The number of hydrogen-bond acceptors (Lipinski definition) is 7. The van der Waals surface area contributed by atoms with Crippen molar-refractivity contribution in [2.75, 3.05) is 11.1 Å². The third kappa shape index (κ3) is 5.47. The van der Waals surface area contributed by atoms with E-state index >= 15 is 0 Å². The molecule has 0 radical (unpaired) electrons. The van der Waals surface area contributed by atoms with Crippen LogP contribution in [0.15, 0.2) is 56.9 Å². The maximum absolute atomic E-state index is 12.7. The summed E-state index contributed by atoms with van der Waals surface area (Å²) in [4.78, 5) is 28.7. The Kier molecular flexibility index (Phi) is 6.71. The number of amides is 1. The van der Waals surface area contributed by atoms with E-state index < -0.39 is 10.8 Å². The molecule has 0 aliphatic carbocycles. The highest BCUT2D eigenvalue weighted by Crippen LogP contribution is 2.26. The van der Waals surface area contributed by atoms with E-state index in [1.54, 1.807) is 17.6 Å². The molecule has 152 valence electrons. The van der Waals surface area contributed by atoms with E-state index in [-0.39, 0.29) is 5.91 Å². The van der Waals surface area contributed by atoms with Gasteiger partial charge < -0.3 is 20.1 Å². The molecule has 0 saturated heterocycles. The Morgan fingerprint density at radius 2 is 2.07 bits per heavy atom. The molecule has 9 heteroatoms. The Bertz CT molecular complexity index is 1030. The van der Waals surface area contributed by atoms with E-state index in [2.05, 4.69) is 15.5 Å². The Morgan fingerprint density at radius 1 is 1.31 bits per heavy atom. The molecule has 3 N–H and O–H groups in total. The molecule has 0 unspecified atom stereocenters. The summed E-state index contributed by atoms with van der Waals surface area (Å²) in [7, 11) is 0. The molecule has 0 aliphatic heterocycles. The van der Waals surface area contributed by atoms with E-state index in [0.717, 1.165) is 12.0 Å². The van der Waals surface area contributed by atoms with Gasteiger partial charge in [-0.05, 0) is 25.3 Å². The van der Waals surface area contributed by atoms with Crippen LogP contribution < -0.4 is 16.6 Å². The number of benzene rings is 1. The van der Waals surface area contributed by atoms with Crippen LogP contribution in [-0.4, -0.2) is 25.9 Å². The van der Waals surface area contributed by atoms with Gasteiger partial charge in [0.25, 0.3) is 5.56 Å². The average molecular weight is 414 g/mol. The number of rotatable bonds is 8. The van der Waals surface area contributed by atoms with Crippen molar-refractivity contribution < 1.29 is 9.32 Å². The second-order valence-corrected chi connectivity index (χ2v) is 7.69. The van der Waals surface area contributed by atoms with Crippen LogP contribution in [0.25, 0.3) is 0 Å². The Morgan fingerprint density at radius 3 is 2.72 bits per heavy atom. The van der Waals surface area contributed by atoms with Gasteiger partial charge in [-0.3, -0.25) is 9.59 Å². The lowest BCUT2D eigenvalue weighted by molar-refractivity contribution is -0.115. The van der Waals surface area contributed by atoms with Gasteiger partial charge in [-0.1, -0.05) is 54.2 Å². The van der Waals surface area contributed by atoms with Crippen LogP contribution in [0, 0.1) is 6.92 Å². The third-order valence-electron chi connectivity index (χ3n) is 4.28. The predicted octanol–water partition coefficient (Wildman–Crippen LogP) is 2.87. The highest BCUT2D eigenvalue weighted by atomic mass is 32.2. The summed E-state index contributed by atoms with van der Waals surface area (Å²) in [6, 6.07) is 12.9. The van der Waals surface area contributed by atoms with Crippen LogP contribution in [0.2, 0.25) is 0 Å². The fourth-order valence-corrected chi connectivity index (χ4v) is 3.84. The van der Waals surface area contributed by atoms with Crippen LogP contribution in [0.4, 0.5) is 11.6 Å². The number of nitrogen functional groups attached to an aromatic ring is 1. The number of aromatic nitrogens is 3. The zero-order valence-corrected chi connectivity index (χ0v) is 17.1. The van der Waals surface area contributed by atoms with Crippen molar-refractivity contribution in [1.29, 1.82) is 0 Å². The zero-order chi connectivity index (χ0) is 20.8.